The zero-order valence-electron chi connectivity index (χ0n) is 26.5. The minimum Gasteiger partial charge on any atom is -0.443 e. The molecule has 1 aromatic rings. The number of thioether (sulfide) groups is 1. The van der Waals surface area contributed by atoms with Gasteiger partial charge in [0.15, 0.2) is 0 Å². The van der Waals surface area contributed by atoms with Crippen LogP contribution in [0.15, 0.2) is 16.4 Å². The van der Waals surface area contributed by atoms with Crippen molar-refractivity contribution < 1.29 is 33.1 Å². The molecule has 9 nitrogen and oxygen atoms in total. The van der Waals surface area contributed by atoms with Crippen molar-refractivity contribution in [1.29, 1.82) is 0 Å². The van der Waals surface area contributed by atoms with Gasteiger partial charge in [-0.3, -0.25) is 4.99 Å². The highest BCUT2D eigenvalue weighted by molar-refractivity contribution is 7.99. The van der Waals surface area contributed by atoms with Gasteiger partial charge in [-0.2, -0.15) is 0 Å². The monoisotopic (exact) mass is 610 g/mol. The van der Waals surface area contributed by atoms with Crippen LogP contribution in [0.2, 0.25) is 0 Å². The predicted octanol–water partition coefficient (Wildman–Crippen LogP) is 6.23. The molecule has 3 heterocycles. The molecule has 1 aromatic heterocycles. The Hall–Kier alpha value is -1.60. The fraction of sp³-hybridized carbons (Fsp3) is 0.759. The molecule has 230 valence electrons. The SMILES string of the molecule is C=NC1(c2cc(B3OC(C)(C)C(C)(C)O3)cs2)COCCC1(C)CSCN(C(=O)OC(C)(C)C)C(=O)OC(C)(C)C. The molecule has 0 spiro atoms. The lowest BCUT2D eigenvalue weighted by atomic mass is 9.67. The van der Waals surface area contributed by atoms with Crippen molar-refractivity contribution in [3.05, 3.63) is 16.3 Å². The summed E-state index contributed by atoms with van der Waals surface area (Å²) in [5.74, 6) is 0.651. The Labute approximate surface area is 254 Å². The molecule has 0 radical (unpaired) electrons. The van der Waals surface area contributed by atoms with Gasteiger partial charge in [-0.15, -0.1) is 23.1 Å². The van der Waals surface area contributed by atoms with E-state index in [1.165, 1.54) is 11.8 Å². The standard InChI is InChI=1S/C29H47BN2O7S2/c1-24(2,3)36-22(33)32(23(34)37-25(4,5)6)19-40-18-28(11)13-14-35-17-29(28,31-12)21-15-20(16-41-21)30-38-26(7,8)27(9,10)39-30/h15-16H,12-14,17-19H2,1-11H3. The number of hydrogen-bond acceptors (Lipinski definition) is 10. The van der Waals surface area contributed by atoms with Crippen LogP contribution >= 0.6 is 23.1 Å². The highest BCUT2D eigenvalue weighted by Gasteiger charge is 2.55. The molecule has 2 saturated heterocycles. The number of imide groups is 1. The number of hydrogen-bond donors (Lipinski definition) is 0. The highest BCUT2D eigenvalue weighted by Crippen LogP contribution is 2.51. The van der Waals surface area contributed by atoms with E-state index in [9.17, 15) is 9.59 Å². The molecule has 2 unspecified atom stereocenters. The van der Waals surface area contributed by atoms with Crippen molar-refractivity contribution in [1.82, 2.24) is 4.90 Å². The largest absolute Gasteiger partial charge is 0.495 e. The van der Waals surface area contributed by atoms with Gasteiger partial charge in [0, 0.05) is 22.7 Å². The van der Waals surface area contributed by atoms with Crippen LogP contribution in [0, 0.1) is 5.41 Å². The number of aliphatic imine (C=N–C) groups is 1. The molecular weight excluding hydrogens is 563 g/mol. The van der Waals surface area contributed by atoms with E-state index < -0.39 is 47.2 Å². The summed E-state index contributed by atoms with van der Waals surface area (Å²) >= 11 is 3.05. The lowest BCUT2D eigenvalue weighted by Gasteiger charge is -2.48. The van der Waals surface area contributed by atoms with Crippen molar-refractivity contribution >= 4 is 54.6 Å². The van der Waals surface area contributed by atoms with Gasteiger partial charge in [-0.1, -0.05) is 6.92 Å². The van der Waals surface area contributed by atoms with Crippen LogP contribution in [-0.2, 0) is 29.1 Å². The Bertz CT molecular complexity index is 1080. The first kappa shape index (κ1) is 33.9. The molecule has 2 amide bonds. The van der Waals surface area contributed by atoms with Crippen LogP contribution < -0.4 is 5.46 Å². The molecule has 0 N–H and O–H groups in total. The minimum absolute atomic E-state index is 0.0666. The predicted molar refractivity (Wildman–Crippen MR) is 166 cm³/mol. The van der Waals surface area contributed by atoms with Crippen molar-refractivity contribution in [2.24, 2.45) is 10.4 Å². The van der Waals surface area contributed by atoms with E-state index in [-0.39, 0.29) is 11.3 Å². The van der Waals surface area contributed by atoms with E-state index in [1.807, 2.05) is 27.7 Å². The Morgan fingerprint density at radius 2 is 1.59 bits per heavy atom. The summed E-state index contributed by atoms with van der Waals surface area (Å²) in [6.07, 6.45) is -0.758. The van der Waals surface area contributed by atoms with E-state index in [1.54, 1.807) is 52.9 Å². The summed E-state index contributed by atoms with van der Waals surface area (Å²) < 4.78 is 29.6. The van der Waals surface area contributed by atoms with E-state index in [0.717, 1.165) is 21.7 Å². The molecule has 2 fully saturated rings. The third-order valence-electron chi connectivity index (χ3n) is 7.80. The first-order valence-electron chi connectivity index (χ1n) is 14.0. The summed E-state index contributed by atoms with van der Waals surface area (Å²) in [5.41, 5.74) is -2.58. The van der Waals surface area contributed by atoms with Crippen LogP contribution in [-0.4, -0.2) is 78.2 Å². The van der Waals surface area contributed by atoms with E-state index in [4.69, 9.17) is 28.5 Å². The molecule has 0 saturated carbocycles. The maximum atomic E-state index is 13.0. The summed E-state index contributed by atoms with van der Waals surface area (Å²) in [5, 5.41) is 2.05. The minimum atomic E-state index is -0.759. The van der Waals surface area contributed by atoms with Gasteiger partial charge >= 0.3 is 19.3 Å². The lowest BCUT2D eigenvalue weighted by Crippen LogP contribution is -2.51. The lowest BCUT2D eigenvalue weighted by molar-refractivity contribution is -0.0396. The Morgan fingerprint density at radius 1 is 1.05 bits per heavy atom. The molecule has 2 aliphatic heterocycles. The van der Waals surface area contributed by atoms with Crippen LogP contribution in [0.4, 0.5) is 9.59 Å². The molecule has 41 heavy (non-hydrogen) atoms. The highest BCUT2D eigenvalue weighted by atomic mass is 32.2. The molecule has 0 aromatic carbocycles. The first-order valence-corrected chi connectivity index (χ1v) is 16.0. The summed E-state index contributed by atoms with van der Waals surface area (Å²) in [6.45, 7) is 25.8. The van der Waals surface area contributed by atoms with Crippen LogP contribution in [0.5, 0.6) is 0 Å². The zero-order valence-corrected chi connectivity index (χ0v) is 28.2. The molecule has 3 rings (SSSR count). The molecule has 0 aliphatic carbocycles. The summed E-state index contributed by atoms with van der Waals surface area (Å²) in [6, 6.07) is 2.09. The number of carbonyl (C=O) groups is 2. The smallest absolute Gasteiger partial charge is 0.443 e. The van der Waals surface area contributed by atoms with E-state index in [0.29, 0.717) is 19.0 Å². The third-order valence-corrected chi connectivity index (χ3v) is 10.2. The Kier molecular flexibility index (Phi) is 9.78. The quantitative estimate of drug-likeness (QED) is 0.204. The number of amides is 2. The fourth-order valence-corrected chi connectivity index (χ4v) is 7.15. The maximum absolute atomic E-state index is 13.0. The average Bonchev–Trinajstić information content (AvgIpc) is 3.37. The number of carbonyl (C=O) groups excluding carboxylic acids is 2. The van der Waals surface area contributed by atoms with Gasteiger partial charge < -0.3 is 23.5 Å². The second-order valence-electron chi connectivity index (χ2n) is 14.1. The summed E-state index contributed by atoms with van der Waals surface area (Å²) in [7, 11) is -0.478. The van der Waals surface area contributed by atoms with Crippen LogP contribution in [0.25, 0.3) is 0 Å². The Balaban J connectivity index is 1.83. The van der Waals surface area contributed by atoms with Crippen LogP contribution in [0.3, 0.4) is 0 Å². The second-order valence-corrected chi connectivity index (χ2v) is 15.9. The van der Waals surface area contributed by atoms with Gasteiger partial charge in [0.1, 0.15) is 16.7 Å². The fourth-order valence-electron chi connectivity index (χ4n) is 4.62. The topological polar surface area (TPSA) is 95.9 Å². The van der Waals surface area contributed by atoms with E-state index in [2.05, 4.69) is 25.1 Å². The normalized spacial score (nSPS) is 26.0. The van der Waals surface area contributed by atoms with Gasteiger partial charge in [-0.25, -0.2) is 14.5 Å². The van der Waals surface area contributed by atoms with Crippen molar-refractivity contribution in [2.45, 2.75) is 111 Å². The van der Waals surface area contributed by atoms with Gasteiger partial charge in [-0.05, 0) is 99.3 Å². The number of rotatable bonds is 7. The van der Waals surface area contributed by atoms with Crippen molar-refractivity contribution in [3.8, 4) is 0 Å². The van der Waals surface area contributed by atoms with Gasteiger partial charge in [0.05, 0.1) is 23.7 Å². The van der Waals surface area contributed by atoms with Crippen LogP contribution in [0.1, 0.15) is 87.5 Å². The molecule has 2 aliphatic rings. The zero-order chi connectivity index (χ0) is 31.1. The molecule has 12 heteroatoms. The maximum Gasteiger partial charge on any atom is 0.495 e. The van der Waals surface area contributed by atoms with Gasteiger partial charge in [0.2, 0.25) is 0 Å². The second kappa shape index (κ2) is 11.8. The van der Waals surface area contributed by atoms with Gasteiger partial charge in [0.25, 0.3) is 0 Å². The van der Waals surface area contributed by atoms with E-state index >= 15 is 0 Å². The average molecular weight is 611 g/mol. The number of nitrogens with zero attached hydrogens (tertiary/aromatic N) is 2. The Morgan fingerprint density at radius 3 is 2.07 bits per heavy atom. The molecule has 2 atom stereocenters. The van der Waals surface area contributed by atoms with Crippen molar-refractivity contribution in [3.63, 3.8) is 0 Å². The number of ether oxygens (including phenoxy) is 3. The third kappa shape index (κ3) is 7.50. The molecule has 0 bridgehead atoms. The first-order chi connectivity index (χ1) is 18.7. The number of thiophene rings is 1. The molecular formula is C29H47BN2O7S2. The van der Waals surface area contributed by atoms with Crippen molar-refractivity contribution in [2.75, 3.05) is 24.8 Å². The summed E-state index contributed by atoms with van der Waals surface area (Å²) in [4.78, 5) is 32.7.